The van der Waals surface area contributed by atoms with Gasteiger partial charge in [-0.1, -0.05) is 11.6 Å². The second-order valence-electron chi connectivity index (χ2n) is 3.32. The molecule has 90 valence electrons. The molecule has 0 saturated carbocycles. The first-order valence-corrected chi connectivity index (χ1v) is 5.96. The summed E-state index contributed by atoms with van der Waals surface area (Å²) in [7, 11) is 0. The summed E-state index contributed by atoms with van der Waals surface area (Å²) >= 11 is 11.7. The van der Waals surface area contributed by atoms with Gasteiger partial charge in [0.05, 0.1) is 24.7 Å². The Labute approximate surface area is 110 Å². The van der Waals surface area contributed by atoms with E-state index in [1.165, 1.54) is 6.07 Å². The maximum Gasteiger partial charge on any atom is 0.310 e. The summed E-state index contributed by atoms with van der Waals surface area (Å²) in [6, 6.07) is 5.18. The molecule has 0 heterocycles. The van der Waals surface area contributed by atoms with Crippen molar-refractivity contribution < 1.29 is 9.53 Å². The van der Waals surface area contributed by atoms with Crippen molar-refractivity contribution in [3.8, 4) is 6.07 Å². The van der Waals surface area contributed by atoms with Crippen molar-refractivity contribution in [2.75, 3.05) is 6.61 Å². The van der Waals surface area contributed by atoms with E-state index >= 15 is 0 Å². The third-order valence-corrected chi connectivity index (χ3v) is 2.69. The summed E-state index contributed by atoms with van der Waals surface area (Å²) < 4.78 is 4.85. The number of halogens is 2. The molecular formula is C12H11Cl2NO2. The predicted molar refractivity (Wildman–Crippen MR) is 66.1 cm³/mol. The van der Waals surface area contributed by atoms with Gasteiger partial charge in [-0.25, -0.2) is 0 Å². The van der Waals surface area contributed by atoms with Crippen LogP contribution in [0.5, 0.6) is 0 Å². The second kappa shape index (κ2) is 6.48. The fourth-order valence-electron chi connectivity index (χ4n) is 1.48. The van der Waals surface area contributed by atoms with Crippen LogP contribution in [0.1, 0.15) is 23.6 Å². The zero-order valence-electron chi connectivity index (χ0n) is 9.30. The van der Waals surface area contributed by atoms with Gasteiger partial charge in [-0.3, -0.25) is 4.79 Å². The molecule has 0 fully saturated rings. The Kier molecular flexibility index (Phi) is 5.27. The van der Waals surface area contributed by atoms with Crippen LogP contribution in [0, 0.1) is 11.3 Å². The minimum absolute atomic E-state index is 0.0745. The SMILES string of the molecule is CCOC(=O)Cc1cc(Cl)cc(C#N)c1CCl. The van der Waals surface area contributed by atoms with E-state index in [2.05, 4.69) is 0 Å². The molecule has 3 nitrogen and oxygen atoms in total. The highest BCUT2D eigenvalue weighted by Crippen LogP contribution is 2.23. The molecule has 0 unspecified atom stereocenters. The Hall–Kier alpha value is -1.24. The molecule has 0 N–H and O–H groups in total. The Morgan fingerprint density at radius 1 is 1.53 bits per heavy atom. The topological polar surface area (TPSA) is 50.1 Å². The van der Waals surface area contributed by atoms with E-state index < -0.39 is 0 Å². The van der Waals surface area contributed by atoms with E-state index in [9.17, 15) is 4.79 Å². The van der Waals surface area contributed by atoms with Gasteiger partial charge < -0.3 is 4.74 Å². The first-order valence-electron chi connectivity index (χ1n) is 5.05. The van der Waals surface area contributed by atoms with Crippen molar-refractivity contribution in [1.29, 1.82) is 5.26 Å². The molecule has 0 amide bonds. The number of alkyl halides is 1. The van der Waals surface area contributed by atoms with E-state index in [1.54, 1.807) is 13.0 Å². The van der Waals surface area contributed by atoms with Crippen LogP contribution in [0.2, 0.25) is 5.02 Å². The molecule has 1 aromatic carbocycles. The first-order chi connectivity index (χ1) is 8.12. The fourth-order valence-corrected chi connectivity index (χ4v) is 2.03. The normalized spacial score (nSPS) is 9.76. The van der Waals surface area contributed by atoms with Gasteiger partial charge in [-0.15, -0.1) is 11.6 Å². The number of hydrogen-bond acceptors (Lipinski definition) is 3. The zero-order chi connectivity index (χ0) is 12.8. The lowest BCUT2D eigenvalue weighted by Crippen LogP contribution is -2.09. The molecule has 0 aromatic heterocycles. The number of rotatable bonds is 4. The highest BCUT2D eigenvalue weighted by molar-refractivity contribution is 6.30. The number of nitrogens with zero attached hydrogens (tertiary/aromatic N) is 1. The summed E-state index contributed by atoms with van der Waals surface area (Å²) in [4.78, 5) is 11.4. The highest BCUT2D eigenvalue weighted by atomic mass is 35.5. The number of nitriles is 1. The van der Waals surface area contributed by atoms with Crippen LogP contribution in [0.25, 0.3) is 0 Å². The van der Waals surface area contributed by atoms with Gasteiger partial charge in [0.25, 0.3) is 0 Å². The van der Waals surface area contributed by atoms with Gasteiger partial charge in [0.15, 0.2) is 0 Å². The van der Waals surface area contributed by atoms with Crippen molar-refractivity contribution in [1.82, 2.24) is 0 Å². The van der Waals surface area contributed by atoms with Crippen LogP contribution in [0.15, 0.2) is 12.1 Å². The summed E-state index contributed by atoms with van der Waals surface area (Å²) in [5, 5.41) is 9.36. The standard InChI is InChI=1S/C12H11Cl2NO2/c1-2-17-12(16)5-8-3-10(14)4-9(7-15)11(8)6-13/h3-4H,2,5-6H2,1H3. The molecule has 1 rings (SSSR count). The number of esters is 1. The average Bonchev–Trinajstić information content (AvgIpc) is 2.28. The molecular weight excluding hydrogens is 261 g/mol. The van der Waals surface area contributed by atoms with Crippen LogP contribution >= 0.6 is 23.2 Å². The first kappa shape index (κ1) is 13.8. The molecule has 0 atom stereocenters. The molecule has 0 saturated heterocycles. The lowest BCUT2D eigenvalue weighted by atomic mass is 10.0. The van der Waals surface area contributed by atoms with Crippen LogP contribution in [0.3, 0.4) is 0 Å². The van der Waals surface area contributed by atoms with Crippen LogP contribution in [0.4, 0.5) is 0 Å². The van der Waals surface area contributed by atoms with Gasteiger partial charge in [0.2, 0.25) is 0 Å². The minimum atomic E-state index is -0.356. The van der Waals surface area contributed by atoms with E-state index in [1.807, 2.05) is 6.07 Å². The molecule has 0 aliphatic heterocycles. The monoisotopic (exact) mass is 271 g/mol. The lowest BCUT2D eigenvalue weighted by molar-refractivity contribution is -0.142. The van der Waals surface area contributed by atoms with Gasteiger partial charge in [0, 0.05) is 10.9 Å². The second-order valence-corrected chi connectivity index (χ2v) is 4.02. The molecule has 0 bridgehead atoms. The lowest BCUT2D eigenvalue weighted by Gasteiger charge is -2.09. The number of benzene rings is 1. The number of carbonyl (C=O) groups is 1. The van der Waals surface area contributed by atoms with Crippen LogP contribution in [-0.4, -0.2) is 12.6 Å². The number of ether oxygens (including phenoxy) is 1. The molecule has 1 aromatic rings. The molecule has 0 radical (unpaired) electrons. The van der Waals surface area contributed by atoms with E-state index in [4.69, 9.17) is 33.2 Å². The van der Waals surface area contributed by atoms with Crippen LogP contribution in [-0.2, 0) is 21.8 Å². The van der Waals surface area contributed by atoms with Gasteiger partial charge in [-0.05, 0) is 30.2 Å². The summed E-state index contributed by atoms with van der Waals surface area (Å²) in [5.74, 6) is -0.195. The van der Waals surface area contributed by atoms with E-state index in [-0.39, 0.29) is 18.3 Å². The van der Waals surface area contributed by atoms with E-state index in [0.717, 1.165) is 0 Å². The zero-order valence-corrected chi connectivity index (χ0v) is 10.8. The smallest absolute Gasteiger partial charge is 0.310 e. The van der Waals surface area contributed by atoms with Crippen molar-refractivity contribution in [3.63, 3.8) is 0 Å². The number of carbonyl (C=O) groups excluding carboxylic acids is 1. The molecule has 0 spiro atoms. The minimum Gasteiger partial charge on any atom is -0.466 e. The van der Waals surface area contributed by atoms with Crippen LogP contribution < -0.4 is 0 Å². The third kappa shape index (κ3) is 3.62. The largest absolute Gasteiger partial charge is 0.466 e. The molecule has 17 heavy (non-hydrogen) atoms. The Balaban J connectivity index is 3.10. The maximum atomic E-state index is 11.4. The highest BCUT2D eigenvalue weighted by Gasteiger charge is 2.13. The quantitative estimate of drug-likeness (QED) is 0.625. The van der Waals surface area contributed by atoms with Gasteiger partial charge in [0.1, 0.15) is 0 Å². The van der Waals surface area contributed by atoms with Crippen molar-refractivity contribution in [3.05, 3.63) is 33.8 Å². The molecule has 0 aliphatic carbocycles. The van der Waals surface area contributed by atoms with Gasteiger partial charge >= 0.3 is 5.97 Å². The Morgan fingerprint density at radius 2 is 2.24 bits per heavy atom. The van der Waals surface area contributed by atoms with Crippen molar-refractivity contribution in [2.45, 2.75) is 19.2 Å². The summed E-state index contributed by atoms with van der Waals surface area (Å²) in [5.41, 5.74) is 1.67. The molecule has 5 heteroatoms. The van der Waals surface area contributed by atoms with Crippen molar-refractivity contribution >= 4 is 29.2 Å². The average molecular weight is 272 g/mol. The summed E-state index contributed by atoms with van der Waals surface area (Å²) in [6.07, 6.45) is 0.0745. The summed E-state index contributed by atoms with van der Waals surface area (Å²) in [6.45, 7) is 2.06. The Bertz CT molecular complexity index is 466. The van der Waals surface area contributed by atoms with Gasteiger partial charge in [-0.2, -0.15) is 5.26 Å². The fraction of sp³-hybridized carbons (Fsp3) is 0.333. The van der Waals surface area contributed by atoms with E-state index in [0.29, 0.717) is 28.3 Å². The Morgan fingerprint density at radius 3 is 2.76 bits per heavy atom. The van der Waals surface area contributed by atoms with Crippen molar-refractivity contribution in [2.24, 2.45) is 0 Å². The third-order valence-electron chi connectivity index (χ3n) is 2.20. The predicted octanol–water partition coefficient (Wildman–Crippen LogP) is 3.06. The number of hydrogen-bond donors (Lipinski definition) is 0. The molecule has 0 aliphatic rings. The maximum absolute atomic E-state index is 11.4.